The van der Waals surface area contributed by atoms with Gasteiger partial charge in [0, 0.05) is 43.0 Å². The minimum atomic E-state index is -0.927. The second-order valence-corrected chi connectivity index (χ2v) is 10.2. The molecule has 2 N–H and O–H groups in total. The number of hydrogen-bond donors (Lipinski definition) is 2. The van der Waals surface area contributed by atoms with Gasteiger partial charge in [0.05, 0.1) is 32.1 Å². The molecule has 4 heterocycles. The van der Waals surface area contributed by atoms with E-state index in [2.05, 4.69) is 32.2 Å². The van der Waals surface area contributed by atoms with Crippen molar-refractivity contribution in [2.24, 2.45) is 0 Å². The summed E-state index contributed by atoms with van der Waals surface area (Å²) in [6.07, 6.45) is 1.57. The maximum atomic E-state index is 13.7. The quantitative estimate of drug-likeness (QED) is 0.500. The summed E-state index contributed by atoms with van der Waals surface area (Å²) < 4.78 is 26.7. The highest BCUT2D eigenvalue weighted by molar-refractivity contribution is 5.57. The molecule has 3 aromatic rings. The minimum absolute atomic E-state index is 0.166. The molecule has 37 heavy (non-hydrogen) atoms. The van der Waals surface area contributed by atoms with Gasteiger partial charge in [-0.2, -0.15) is 0 Å². The maximum Gasteiger partial charge on any atom is 0.123 e. The van der Waals surface area contributed by atoms with Gasteiger partial charge in [0.1, 0.15) is 29.5 Å². The number of aliphatic hydroxyl groups excluding tert-OH is 2. The van der Waals surface area contributed by atoms with Gasteiger partial charge in [0.15, 0.2) is 0 Å². The van der Waals surface area contributed by atoms with Gasteiger partial charge in [-0.25, -0.2) is 9.07 Å². The molecule has 0 spiro atoms. The van der Waals surface area contributed by atoms with Crippen LogP contribution in [-0.4, -0.2) is 93.9 Å². The van der Waals surface area contributed by atoms with E-state index >= 15 is 0 Å². The summed E-state index contributed by atoms with van der Waals surface area (Å²) in [6.45, 7) is 2.35. The van der Waals surface area contributed by atoms with Crippen LogP contribution in [0.15, 0.2) is 54.7 Å². The topological polar surface area (TPSA) is 96.1 Å². The van der Waals surface area contributed by atoms with Gasteiger partial charge in [-0.15, -0.1) is 5.10 Å². The first-order chi connectivity index (χ1) is 18.0. The number of halogens is 1. The van der Waals surface area contributed by atoms with Crippen LogP contribution in [0.4, 0.5) is 10.1 Å². The Labute approximate surface area is 215 Å². The van der Waals surface area contributed by atoms with Crippen molar-refractivity contribution in [1.29, 1.82) is 0 Å². The molecule has 0 aliphatic carbocycles. The first-order valence-corrected chi connectivity index (χ1v) is 12.8. The highest BCUT2D eigenvalue weighted by Crippen LogP contribution is 2.37. The molecule has 2 bridgehead atoms. The third-order valence-corrected chi connectivity index (χ3v) is 7.99. The summed E-state index contributed by atoms with van der Waals surface area (Å²) >= 11 is 0. The molecule has 196 valence electrons. The second kappa shape index (κ2) is 10.0. The van der Waals surface area contributed by atoms with Gasteiger partial charge in [0.25, 0.3) is 0 Å². The number of benzene rings is 2. The van der Waals surface area contributed by atoms with E-state index in [1.54, 1.807) is 30.1 Å². The third-order valence-electron chi connectivity index (χ3n) is 7.99. The molecule has 4 unspecified atom stereocenters. The van der Waals surface area contributed by atoms with Crippen LogP contribution >= 0.6 is 0 Å². The number of likely N-dealkylation sites (tertiary alicyclic amines) is 1. The molecule has 6 atom stereocenters. The number of nitrogens with zero attached hydrogens (tertiary/aromatic N) is 5. The molecule has 3 saturated heterocycles. The predicted molar refractivity (Wildman–Crippen MR) is 135 cm³/mol. The zero-order valence-corrected chi connectivity index (χ0v) is 20.7. The lowest BCUT2D eigenvalue weighted by Crippen LogP contribution is -2.53. The predicted octanol–water partition coefficient (Wildman–Crippen LogP) is 2.11. The summed E-state index contributed by atoms with van der Waals surface area (Å²) in [7, 11) is 1.68. The van der Waals surface area contributed by atoms with Crippen molar-refractivity contribution in [3.63, 3.8) is 0 Å². The van der Waals surface area contributed by atoms with E-state index in [1.165, 1.54) is 17.8 Å². The fourth-order valence-electron chi connectivity index (χ4n) is 6.12. The van der Waals surface area contributed by atoms with Crippen molar-refractivity contribution in [2.45, 2.75) is 49.3 Å². The molecule has 6 rings (SSSR count). The standard InChI is InChI=1S/C27H32FN5O4/c1-36-22-7-5-19(6-8-22)32-13-20-10-21(32)12-31(20)14-23-11-25(27(35)26(16-34)37-23)33-15-24(29-30-33)17-3-2-4-18(28)9-17/h2-9,15,20-21,23,25-27,34-35H,10-14,16H2,1H3/t20-,21-,23?,25?,26?,27?/m0/s1. The lowest BCUT2D eigenvalue weighted by Gasteiger charge is -2.42. The van der Waals surface area contributed by atoms with Gasteiger partial charge in [-0.1, -0.05) is 17.3 Å². The average molecular weight is 510 g/mol. The summed E-state index contributed by atoms with van der Waals surface area (Å²) in [5.74, 6) is 0.513. The second-order valence-electron chi connectivity index (χ2n) is 10.2. The van der Waals surface area contributed by atoms with E-state index in [4.69, 9.17) is 9.47 Å². The van der Waals surface area contributed by atoms with Crippen molar-refractivity contribution >= 4 is 5.69 Å². The first-order valence-electron chi connectivity index (χ1n) is 12.8. The largest absolute Gasteiger partial charge is 0.497 e. The number of piperazine rings is 1. The SMILES string of the molecule is COc1ccc(N2C[C@@H]3C[C@H]2CN3CC2CC(n3cc(-c4cccc(F)c4)nn3)C(O)C(CO)O2)cc1. The van der Waals surface area contributed by atoms with Crippen LogP contribution in [-0.2, 0) is 4.74 Å². The highest BCUT2D eigenvalue weighted by Gasteiger charge is 2.46. The Morgan fingerprint density at radius 2 is 1.95 bits per heavy atom. The zero-order chi connectivity index (χ0) is 25.5. The minimum Gasteiger partial charge on any atom is -0.497 e. The van der Waals surface area contributed by atoms with E-state index in [9.17, 15) is 14.6 Å². The molecule has 3 aliphatic heterocycles. The van der Waals surface area contributed by atoms with E-state index < -0.39 is 18.2 Å². The van der Waals surface area contributed by atoms with Crippen LogP contribution in [0.1, 0.15) is 18.9 Å². The fraction of sp³-hybridized carbons (Fsp3) is 0.481. The van der Waals surface area contributed by atoms with Crippen LogP contribution in [0.5, 0.6) is 5.75 Å². The van der Waals surface area contributed by atoms with Crippen LogP contribution in [0.2, 0.25) is 0 Å². The molecule has 10 heteroatoms. The number of aliphatic hydroxyl groups is 2. The lowest BCUT2D eigenvalue weighted by atomic mass is 9.95. The molecule has 0 saturated carbocycles. The molecule has 0 amide bonds. The van der Waals surface area contributed by atoms with Crippen molar-refractivity contribution in [1.82, 2.24) is 19.9 Å². The van der Waals surface area contributed by atoms with Gasteiger partial charge in [0.2, 0.25) is 0 Å². The molecular formula is C27H32FN5O4. The van der Waals surface area contributed by atoms with E-state index in [0.717, 1.165) is 31.8 Å². The van der Waals surface area contributed by atoms with Crippen molar-refractivity contribution in [2.75, 3.05) is 38.3 Å². The van der Waals surface area contributed by atoms with Crippen LogP contribution in [0.3, 0.4) is 0 Å². The number of aromatic nitrogens is 3. The molecule has 3 fully saturated rings. The van der Waals surface area contributed by atoms with E-state index in [1.807, 2.05) is 12.1 Å². The monoisotopic (exact) mass is 509 g/mol. The fourth-order valence-corrected chi connectivity index (χ4v) is 6.12. The molecular weight excluding hydrogens is 477 g/mol. The third kappa shape index (κ3) is 4.70. The summed E-state index contributed by atoms with van der Waals surface area (Å²) in [5.41, 5.74) is 2.37. The normalized spacial score (nSPS) is 29.7. The number of hydrogen-bond acceptors (Lipinski definition) is 8. The Morgan fingerprint density at radius 3 is 2.65 bits per heavy atom. The Hall–Kier alpha value is -3.05. The summed E-state index contributed by atoms with van der Waals surface area (Å²) in [4.78, 5) is 4.94. The van der Waals surface area contributed by atoms with Crippen molar-refractivity contribution < 1.29 is 24.1 Å². The van der Waals surface area contributed by atoms with E-state index in [0.29, 0.717) is 29.8 Å². The molecule has 9 nitrogen and oxygen atoms in total. The molecule has 3 aliphatic rings. The maximum absolute atomic E-state index is 13.7. The number of ether oxygens (including phenoxy) is 2. The number of anilines is 1. The first kappa shape index (κ1) is 24.3. The van der Waals surface area contributed by atoms with Crippen molar-refractivity contribution in [3.8, 4) is 17.0 Å². The molecule has 2 aromatic carbocycles. The Morgan fingerprint density at radius 1 is 1.11 bits per heavy atom. The smallest absolute Gasteiger partial charge is 0.123 e. The molecule has 1 aromatic heterocycles. The van der Waals surface area contributed by atoms with Crippen molar-refractivity contribution in [3.05, 3.63) is 60.5 Å². The number of methoxy groups -OCH3 is 1. The molecule has 0 radical (unpaired) electrons. The lowest BCUT2D eigenvalue weighted by molar-refractivity contribution is -0.161. The Balaban J connectivity index is 1.13. The number of rotatable bonds is 7. The summed E-state index contributed by atoms with van der Waals surface area (Å²) in [5, 5.41) is 29.3. The van der Waals surface area contributed by atoms with Gasteiger partial charge in [-0.05, 0) is 49.2 Å². The van der Waals surface area contributed by atoms with E-state index in [-0.39, 0.29) is 18.5 Å². The Bertz CT molecular complexity index is 1220. The van der Waals surface area contributed by atoms with Crippen LogP contribution in [0, 0.1) is 5.82 Å². The zero-order valence-electron chi connectivity index (χ0n) is 20.7. The summed E-state index contributed by atoms with van der Waals surface area (Å²) in [6, 6.07) is 14.9. The van der Waals surface area contributed by atoms with Gasteiger partial charge < -0.3 is 24.6 Å². The Kier molecular flexibility index (Phi) is 6.58. The number of fused-ring (bicyclic) bond motifs is 2. The van der Waals surface area contributed by atoms with Crippen LogP contribution < -0.4 is 9.64 Å². The van der Waals surface area contributed by atoms with Gasteiger partial charge in [-0.3, -0.25) is 4.90 Å². The highest BCUT2D eigenvalue weighted by atomic mass is 19.1. The van der Waals surface area contributed by atoms with Crippen LogP contribution in [0.25, 0.3) is 11.3 Å². The van der Waals surface area contributed by atoms with Gasteiger partial charge >= 0.3 is 0 Å². The average Bonchev–Trinajstić information content (AvgIpc) is 3.66.